The first-order chi connectivity index (χ1) is 11.5. The standard InChI is InChI=1S/C19H21NO2.C2H6/c1-4-5-14-6-12(2)17(13(3)7-14)18-15(21)8-19(9-16(18)22)10-20-11-19;1-2/h6-7,18,20H,8-11H2,1-3H3;1-2H3. The fourth-order valence-electron chi connectivity index (χ4n) is 3.88. The molecule has 1 saturated carbocycles. The number of carbonyl (C=O) groups is 2. The van der Waals surface area contributed by atoms with Crippen LogP contribution >= 0.6 is 0 Å². The summed E-state index contributed by atoms with van der Waals surface area (Å²) in [5.74, 6) is 5.52. The fourth-order valence-corrected chi connectivity index (χ4v) is 3.88. The number of ketones is 2. The van der Waals surface area contributed by atoms with E-state index in [0.717, 1.165) is 35.3 Å². The number of Topliss-reactive ketones (excluding diaryl/α,β-unsaturated/α-hetero) is 2. The van der Waals surface area contributed by atoms with E-state index in [2.05, 4.69) is 17.2 Å². The van der Waals surface area contributed by atoms with Crippen molar-refractivity contribution in [2.75, 3.05) is 13.1 Å². The summed E-state index contributed by atoms with van der Waals surface area (Å²) in [5.41, 5.74) is 3.73. The van der Waals surface area contributed by atoms with Gasteiger partial charge in [-0.05, 0) is 49.6 Å². The van der Waals surface area contributed by atoms with E-state index >= 15 is 0 Å². The molecule has 128 valence electrons. The summed E-state index contributed by atoms with van der Waals surface area (Å²) >= 11 is 0. The molecular weight excluding hydrogens is 298 g/mol. The summed E-state index contributed by atoms with van der Waals surface area (Å²) in [6.07, 6.45) is 1.04. The van der Waals surface area contributed by atoms with Gasteiger partial charge in [-0.2, -0.15) is 0 Å². The van der Waals surface area contributed by atoms with Crippen LogP contribution < -0.4 is 5.32 Å². The highest BCUT2D eigenvalue weighted by Gasteiger charge is 2.49. The zero-order valence-corrected chi connectivity index (χ0v) is 15.4. The Morgan fingerprint density at radius 2 is 1.54 bits per heavy atom. The second-order valence-electron chi connectivity index (χ2n) is 6.72. The van der Waals surface area contributed by atoms with Crippen molar-refractivity contribution in [3.63, 3.8) is 0 Å². The van der Waals surface area contributed by atoms with Gasteiger partial charge in [-0.3, -0.25) is 9.59 Å². The van der Waals surface area contributed by atoms with Crippen LogP contribution in [0.1, 0.15) is 61.8 Å². The molecule has 2 aliphatic rings. The Morgan fingerprint density at radius 3 is 1.92 bits per heavy atom. The average molecular weight is 325 g/mol. The van der Waals surface area contributed by atoms with Crippen molar-refractivity contribution in [1.82, 2.24) is 5.32 Å². The molecule has 1 saturated heterocycles. The molecule has 0 aromatic heterocycles. The molecule has 0 atom stereocenters. The molecule has 1 aliphatic heterocycles. The Morgan fingerprint density at radius 1 is 1.04 bits per heavy atom. The molecule has 1 aromatic carbocycles. The molecule has 3 rings (SSSR count). The van der Waals surface area contributed by atoms with Crippen LogP contribution in [0.15, 0.2) is 12.1 Å². The minimum Gasteiger partial charge on any atom is -0.315 e. The maximum absolute atomic E-state index is 12.7. The van der Waals surface area contributed by atoms with Crippen LogP contribution in [0.2, 0.25) is 0 Å². The molecule has 24 heavy (non-hydrogen) atoms. The van der Waals surface area contributed by atoms with E-state index in [9.17, 15) is 9.59 Å². The molecule has 0 amide bonds. The van der Waals surface area contributed by atoms with Crippen molar-refractivity contribution in [2.45, 2.75) is 53.4 Å². The monoisotopic (exact) mass is 325 g/mol. The fraction of sp³-hybridized carbons (Fsp3) is 0.524. The Labute approximate surface area is 145 Å². The van der Waals surface area contributed by atoms with Crippen LogP contribution in [0.5, 0.6) is 0 Å². The Kier molecular flexibility index (Phi) is 5.62. The third kappa shape index (κ3) is 3.30. The lowest BCUT2D eigenvalue weighted by Crippen LogP contribution is -2.58. The Balaban J connectivity index is 0.00000100. The topological polar surface area (TPSA) is 46.2 Å². The summed E-state index contributed by atoms with van der Waals surface area (Å²) in [6.45, 7) is 11.3. The molecule has 1 heterocycles. The van der Waals surface area contributed by atoms with Crippen molar-refractivity contribution >= 4 is 11.6 Å². The lowest BCUT2D eigenvalue weighted by atomic mass is 9.64. The van der Waals surface area contributed by atoms with Gasteiger partial charge in [0.1, 0.15) is 17.5 Å². The van der Waals surface area contributed by atoms with Crippen LogP contribution in [-0.4, -0.2) is 24.7 Å². The summed E-state index contributed by atoms with van der Waals surface area (Å²) in [7, 11) is 0. The zero-order chi connectivity index (χ0) is 17.9. The number of hydrogen-bond donors (Lipinski definition) is 1. The summed E-state index contributed by atoms with van der Waals surface area (Å²) in [4.78, 5) is 25.3. The van der Waals surface area contributed by atoms with E-state index in [1.807, 2.05) is 39.8 Å². The van der Waals surface area contributed by atoms with Gasteiger partial charge in [0.25, 0.3) is 0 Å². The Hall–Kier alpha value is -1.92. The highest BCUT2D eigenvalue weighted by atomic mass is 16.2. The van der Waals surface area contributed by atoms with E-state index in [4.69, 9.17) is 0 Å². The van der Waals surface area contributed by atoms with E-state index in [1.165, 1.54) is 0 Å². The van der Waals surface area contributed by atoms with Gasteiger partial charge in [0.2, 0.25) is 0 Å². The van der Waals surface area contributed by atoms with E-state index < -0.39 is 5.92 Å². The van der Waals surface area contributed by atoms with Crippen molar-refractivity contribution in [1.29, 1.82) is 0 Å². The van der Waals surface area contributed by atoms with Gasteiger partial charge in [0.15, 0.2) is 0 Å². The molecule has 3 nitrogen and oxygen atoms in total. The highest BCUT2D eigenvalue weighted by Crippen LogP contribution is 2.42. The van der Waals surface area contributed by atoms with Crippen LogP contribution in [0, 0.1) is 31.1 Å². The summed E-state index contributed by atoms with van der Waals surface area (Å²) in [6, 6.07) is 3.96. The molecule has 0 radical (unpaired) electrons. The quantitative estimate of drug-likeness (QED) is 0.636. The predicted molar refractivity (Wildman–Crippen MR) is 97.1 cm³/mol. The molecule has 0 unspecified atom stereocenters. The van der Waals surface area contributed by atoms with Crippen molar-refractivity contribution in [3.05, 3.63) is 34.4 Å². The molecule has 3 heteroatoms. The summed E-state index contributed by atoms with van der Waals surface area (Å²) < 4.78 is 0. The van der Waals surface area contributed by atoms with Crippen molar-refractivity contribution in [2.24, 2.45) is 5.41 Å². The zero-order valence-electron chi connectivity index (χ0n) is 15.4. The van der Waals surface area contributed by atoms with Crippen molar-refractivity contribution in [3.8, 4) is 11.8 Å². The first kappa shape index (κ1) is 18.4. The summed E-state index contributed by atoms with van der Waals surface area (Å²) in [5, 5.41) is 3.19. The Bertz CT molecular complexity index is 674. The molecule has 1 aromatic rings. The minimum atomic E-state index is -0.574. The van der Waals surface area contributed by atoms with Gasteiger partial charge >= 0.3 is 0 Å². The average Bonchev–Trinajstić information content (AvgIpc) is 2.50. The number of hydrogen-bond acceptors (Lipinski definition) is 3. The minimum absolute atomic E-state index is 0.0817. The highest BCUT2D eigenvalue weighted by molar-refractivity contribution is 6.10. The van der Waals surface area contributed by atoms with Gasteiger partial charge in [0.05, 0.1) is 0 Å². The SMILES string of the molecule is CC.CC#Cc1cc(C)c(C2C(=O)CC3(CNC3)CC2=O)c(C)c1. The van der Waals surface area contributed by atoms with E-state index in [1.54, 1.807) is 6.92 Å². The number of aryl methyl sites for hydroxylation is 2. The first-order valence-electron chi connectivity index (χ1n) is 8.76. The molecular formula is C21H27NO2. The third-order valence-electron chi connectivity index (χ3n) is 4.89. The van der Waals surface area contributed by atoms with Gasteiger partial charge < -0.3 is 5.32 Å². The van der Waals surface area contributed by atoms with Crippen LogP contribution in [-0.2, 0) is 9.59 Å². The first-order valence-corrected chi connectivity index (χ1v) is 8.76. The van der Waals surface area contributed by atoms with Gasteiger partial charge in [-0.15, -0.1) is 5.92 Å². The normalized spacial score (nSPS) is 19.0. The van der Waals surface area contributed by atoms with Gasteiger partial charge in [0, 0.05) is 36.9 Å². The van der Waals surface area contributed by atoms with Crippen LogP contribution in [0.4, 0.5) is 0 Å². The maximum Gasteiger partial charge on any atom is 0.148 e. The third-order valence-corrected chi connectivity index (χ3v) is 4.89. The second kappa shape index (κ2) is 7.32. The molecule has 2 fully saturated rings. The van der Waals surface area contributed by atoms with Gasteiger partial charge in [-0.25, -0.2) is 0 Å². The van der Waals surface area contributed by atoms with Crippen LogP contribution in [0.25, 0.3) is 0 Å². The van der Waals surface area contributed by atoms with Crippen molar-refractivity contribution < 1.29 is 9.59 Å². The molecule has 1 N–H and O–H groups in total. The second-order valence-corrected chi connectivity index (χ2v) is 6.72. The predicted octanol–water partition coefficient (Wildman–Crippen LogP) is 3.31. The number of rotatable bonds is 1. The number of nitrogens with one attached hydrogen (secondary N) is 1. The van der Waals surface area contributed by atoms with E-state index in [-0.39, 0.29) is 17.0 Å². The lowest BCUT2D eigenvalue weighted by Gasteiger charge is -2.46. The molecule has 1 aliphatic carbocycles. The maximum atomic E-state index is 12.7. The largest absolute Gasteiger partial charge is 0.315 e. The van der Waals surface area contributed by atoms with Gasteiger partial charge in [-0.1, -0.05) is 19.8 Å². The molecule has 1 spiro atoms. The smallest absolute Gasteiger partial charge is 0.148 e. The van der Waals surface area contributed by atoms with E-state index in [0.29, 0.717) is 12.8 Å². The number of benzene rings is 1. The van der Waals surface area contributed by atoms with Crippen LogP contribution in [0.3, 0.4) is 0 Å². The lowest BCUT2D eigenvalue weighted by molar-refractivity contribution is -0.138. The molecule has 0 bridgehead atoms. The number of carbonyl (C=O) groups excluding carboxylic acids is 2.